The minimum absolute atomic E-state index is 0.0419. The van der Waals surface area contributed by atoms with Gasteiger partial charge in [-0.2, -0.15) is 0 Å². The van der Waals surface area contributed by atoms with Crippen molar-refractivity contribution >= 4 is 23.7 Å². The number of nitrogens with one attached hydrogen (secondary N) is 3. The highest BCUT2D eigenvalue weighted by Crippen LogP contribution is 2.16. The molecule has 0 spiro atoms. The van der Waals surface area contributed by atoms with Gasteiger partial charge in [-0.3, -0.25) is 14.4 Å². The smallest absolute Gasteiger partial charge is 0.326 e. The Hall–Kier alpha value is -3.72. The van der Waals surface area contributed by atoms with Crippen molar-refractivity contribution in [3.63, 3.8) is 0 Å². The largest absolute Gasteiger partial charge is 0.480 e. The predicted octanol–water partition coefficient (Wildman–Crippen LogP) is 3.03. The van der Waals surface area contributed by atoms with Gasteiger partial charge >= 0.3 is 5.97 Å². The second-order valence-corrected chi connectivity index (χ2v) is 11.4. The van der Waals surface area contributed by atoms with E-state index in [1.54, 1.807) is 19.2 Å². The summed E-state index contributed by atoms with van der Waals surface area (Å²) in [6.45, 7) is 7.92. The summed E-state index contributed by atoms with van der Waals surface area (Å²) in [6, 6.07) is 15.0. The van der Waals surface area contributed by atoms with Gasteiger partial charge in [-0.05, 0) is 42.9 Å². The molecule has 2 rings (SSSR count). The van der Waals surface area contributed by atoms with Gasteiger partial charge in [0.25, 0.3) is 0 Å². The van der Waals surface area contributed by atoms with Crippen LogP contribution in [0, 0.1) is 11.8 Å². The number of aliphatic carboxylic acids is 1. The number of hydrogen-bond donors (Lipinski definition) is 4. The highest BCUT2D eigenvalue weighted by atomic mass is 16.4. The number of carbonyl (C=O) groups is 4. The fourth-order valence-corrected chi connectivity index (χ4v) is 4.75. The van der Waals surface area contributed by atoms with E-state index in [2.05, 4.69) is 16.0 Å². The van der Waals surface area contributed by atoms with Crippen LogP contribution >= 0.6 is 0 Å². The van der Waals surface area contributed by atoms with Gasteiger partial charge in [0, 0.05) is 19.9 Å². The molecule has 0 aliphatic rings. The number of nitrogens with zero attached hydrogens (tertiary/aromatic N) is 1. The summed E-state index contributed by atoms with van der Waals surface area (Å²) in [5, 5.41) is 18.4. The van der Waals surface area contributed by atoms with Crippen LogP contribution in [0.1, 0.15) is 51.7 Å². The lowest BCUT2D eigenvalue weighted by Gasteiger charge is -2.33. The first-order valence-electron chi connectivity index (χ1n) is 14.3. The van der Waals surface area contributed by atoms with E-state index in [0.717, 1.165) is 11.1 Å². The van der Waals surface area contributed by atoms with Crippen LogP contribution in [-0.4, -0.2) is 72.0 Å². The van der Waals surface area contributed by atoms with Gasteiger partial charge in [0.15, 0.2) is 0 Å². The van der Waals surface area contributed by atoms with Crippen molar-refractivity contribution in [2.75, 3.05) is 14.1 Å². The predicted molar refractivity (Wildman–Crippen MR) is 160 cm³/mol. The van der Waals surface area contributed by atoms with Gasteiger partial charge in [-0.15, -0.1) is 0 Å². The molecule has 3 amide bonds. The molecule has 9 heteroatoms. The number of benzene rings is 2. The third kappa shape index (κ3) is 11.0. The lowest BCUT2D eigenvalue weighted by molar-refractivity contribution is -0.145. The molecule has 0 aromatic heterocycles. The molecule has 224 valence electrons. The summed E-state index contributed by atoms with van der Waals surface area (Å²) >= 11 is 0. The first kappa shape index (κ1) is 33.5. The number of carboxylic acids is 1. The molecule has 0 bridgehead atoms. The Morgan fingerprint density at radius 2 is 1.17 bits per heavy atom. The number of rotatable bonds is 16. The van der Waals surface area contributed by atoms with Crippen LogP contribution in [0.3, 0.4) is 0 Å². The van der Waals surface area contributed by atoms with Crippen LogP contribution in [0.4, 0.5) is 0 Å². The second kappa shape index (κ2) is 16.5. The Morgan fingerprint density at radius 1 is 0.707 bits per heavy atom. The third-order valence-corrected chi connectivity index (χ3v) is 6.98. The number of carbonyl (C=O) groups excluding carboxylic acids is 3. The SMILES string of the molecule is CN[C@@H](CC(C)C)C(=O)N[C@@H](Cc1ccccc1)C(=O)N(C)[C@@H](CC(C)C)C(=O)N[C@@H](Cc1ccccc1)C(=O)O. The zero-order valence-corrected chi connectivity index (χ0v) is 25.1. The van der Waals surface area contributed by atoms with Crippen LogP contribution in [0.5, 0.6) is 0 Å². The van der Waals surface area contributed by atoms with Crippen molar-refractivity contribution in [3.05, 3.63) is 71.8 Å². The number of likely N-dealkylation sites (N-methyl/N-ethyl adjacent to an activating group) is 2. The maximum absolute atomic E-state index is 13.9. The lowest BCUT2D eigenvalue weighted by atomic mass is 9.98. The highest BCUT2D eigenvalue weighted by molar-refractivity contribution is 5.94. The van der Waals surface area contributed by atoms with Gasteiger partial charge in [0.2, 0.25) is 17.7 Å². The Bertz CT molecular complexity index is 1120. The molecule has 0 aliphatic heterocycles. The number of amides is 3. The van der Waals surface area contributed by atoms with Gasteiger partial charge in [-0.1, -0.05) is 88.4 Å². The van der Waals surface area contributed by atoms with E-state index in [1.807, 2.05) is 76.2 Å². The third-order valence-electron chi connectivity index (χ3n) is 6.98. The highest BCUT2D eigenvalue weighted by Gasteiger charge is 2.35. The van der Waals surface area contributed by atoms with Crippen LogP contribution in [0.2, 0.25) is 0 Å². The average Bonchev–Trinajstić information content (AvgIpc) is 2.93. The molecule has 0 saturated heterocycles. The summed E-state index contributed by atoms with van der Waals surface area (Å²) in [5.41, 5.74) is 1.64. The van der Waals surface area contributed by atoms with Crippen molar-refractivity contribution in [2.24, 2.45) is 11.8 Å². The maximum Gasteiger partial charge on any atom is 0.326 e. The van der Waals surface area contributed by atoms with Crippen LogP contribution < -0.4 is 16.0 Å². The monoisotopic (exact) mass is 566 g/mol. The molecule has 0 radical (unpaired) electrons. The summed E-state index contributed by atoms with van der Waals surface area (Å²) in [7, 11) is 3.25. The molecule has 0 fully saturated rings. The maximum atomic E-state index is 13.9. The van der Waals surface area contributed by atoms with E-state index < -0.39 is 42.0 Å². The summed E-state index contributed by atoms with van der Waals surface area (Å²) in [4.78, 5) is 54.1. The van der Waals surface area contributed by atoms with Crippen LogP contribution in [-0.2, 0) is 32.0 Å². The normalized spacial score (nSPS) is 14.1. The molecule has 0 unspecified atom stereocenters. The molecule has 2 aromatic rings. The minimum atomic E-state index is -1.16. The molecule has 4 atom stereocenters. The van der Waals surface area contributed by atoms with Gasteiger partial charge in [-0.25, -0.2) is 4.79 Å². The Labute approximate surface area is 244 Å². The Morgan fingerprint density at radius 3 is 1.61 bits per heavy atom. The lowest BCUT2D eigenvalue weighted by Crippen LogP contribution is -2.58. The van der Waals surface area contributed by atoms with Gasteiger partial charge in [0.05, 0.1) is 6.04 Å². The van der Waals surface area contributed by atoms with Crippen molar-refractivity contribution in [2.45, 2.75) is 77.5 Å². The van der Waals surface area contributed by atoms with E-state index in [0.29, 0.717) is 12.8 Å². The first-order chi connectivity index (χ1) is 19.4. The quantitative estimate of drug-likeness (QED) is 0.247. The topological polar surface area (TPSA) is 128 Å². The molecule has 4 N–H and O–H groups in total. The van der Waals surface area contributed by atoms with Crippen molar-refractivity contribution in [1.82, 2.24) is 20.9 Å². The number of carboxylic acid groups (broad SMARTS) is 1. The summed E-state index contributed by atoms with van der Waals surface area (Å²) < 4.78 is 0. The van der Waals surface area contributed by atoms with Gasteiger partial charge in [0.1, 0.15) is 18.1 Å². The molecular weight excluding hydrogens is 520 g/mol. The van der Waals surface area contributed by atoms with Crippen LogP contribution in [0.15, 0.2) is 60.7 Å². The summed E-state index contributed by atoms with van der Waals surface area (Å²) in [6.07, 6.45) is 1.28. The van der Waals surface area contributed by atoms with E-state index in [4.69, 9.17) is 0 Å². The minimum Gasteiger partial charge on any atom is -0.480 e. The number of hydrogen-bond acceptors (Lipinski definition) is 5. The zero-order chi connectivity index (χ0) is 30.5. The van der Waals surface area contributed by atoms with Crippen molar-refractivity contribution < 1.29 is 24.3 Å². The molecule has 0 saturated carbocycles. The van der Waals surface area contributed by atoms with Crippen molar-refractivity contribution in [1.29, 1.82) is 0 Å². The van der Waals surface area contributed by atoms with Gasteiger partial charge < -0.3 is 26.0 Å². The average molecular weight is 567 g/mol. The summed E-state index contributed by atoms with van der Waals surface area (Å²) in [5.74, 6) is -2.10. The van der Waals surface area contributed by atoms with Crippen LogP contribution in [0.25, 0.3) is 0 Å². The standard InChI is InChI=1S/C32H46N4O5/c1-21(2)17-25(33-5)29(37)34-26(19-23-13-9-7-10-14-23)31(39)36(6)28(18-22(3)4)30(38)35-27(32(40)41)20-24-15-11-8-12-16-24/h7-16,21-22,25-28,33H,17-20H2,1-6H3,(H,34,37)(H,35,38)(H,40,41)/t25-,26-,27-,28-/m0/s1. The van der Waals surface area contributed by atoms with E-state index in [1.165, 1.54) is 11.9 Å². The molecular formula is C32H46N4O5. The zero-order valence-electron chi connectivity index (χ0n) is 25.1. The van der Waals surface area contributed by atoms with E-state index in [9.17, 15) is 24.3 Å². The Balaban J connectivity index is 2.31. The fraction of sp³-hybridized carbons (Fsp3) is 0.500. The van der Waals surface area contributed by atoms with E-state index >= 15 is 0 Å². The molecule has 0 heterocycles. The first-order valence-corrected chi connectivity index (χ1v) is 14.3. The molecule has 41 heavy (non-hydrogen) atoms. The van der Waals surface area contributed by atoms with E-state index in [-0.39, 0.29) is 30.6 Å². The Kier molecular flexibility index (Phi) is 13.5. The molecule has 0 aliphatic carbocycles. The molecule has 2 aromatic carbocycles. The molecule has 9 nitrogen and oxygen atoms in total. The fourth-order valence-electron chi connectivity index (χ4n) is 4.75. The second-order valence-electron chi connectivity index (χ2n) is 11.4. The van der Waals surface area contributed by atoms with Crippen molar-refractivity contribution in [3.8, 4) is 0 Å².